The maximum Gasteiger partial charge on any atom is 0.261 e. The molecule has 1 N–H and O–H groups in total. The molecular formula is C18H21NO4S. The molecule has 128 valence electrons. The summed E-state index contributed by atoms with van der Waals surface area (Å²) in [6, 6.07) is 12.0. The third kappa shape index (κ3) is 3.19. The molecule has 5 nitrogen and oxygen atoms in total. The zero-order valence-electron chi connectivity index (χ0n) is 14.0. The van der Waals surface area contributed by atoms with Crippen LogP contribution in [0.4, 0.5) is 5.69 Å². The van der Waals surface area contributed by atoms with Crippen LogP contribution in [0.2, 0.25) is 0 Å². The van der Waals surface area contributed by atoms with Crippen molar-refractivity contribution < 1.29 is 17.9 Å². The lowest BCUT2D eigenvalue weighted by molar-refractivity contribution is 0.174. The number of rotatable bonds is 5. The maximum atomic E-state index is 12.5. The predicted octanol–water partition coefficient (Wildman–Crippen LogP) is 3.90. The number of anilines is 1. The van der Waals surface area contributed by atoms with Gasteiger partial charge in [0.1, 0.15) is 0 Å². The van der Waals surface area contributed by atoms with Gasteiger partial charge in [-0.15, -0.1) is 0 Å². The van der Waals surface area contributed by atoms with Crippen LogP contribution in [0.25, 0.3) is 0 Å². The van der Waals surface area contributed by atoms with Crippen molar-refractivity contribution in [1.82, 2.24) is 0 Å². The van der Waals surface area contributed by atoms with E-state index in [0.717, 1.165) is 12.0 Å². The Morgan fingerprint density at radius 1 is 1.04 bits per heavy atom. The van der Waals surface area contributed by atoms with E-state index in [1.54, 1.807) is 30.3 Å². The minimum Gasteiger partial charge on any atom is -0.454 e. The molecule has 0 saturated heterocycles. The van der Waals surface area contributed by atoms with Gasteiger partial charge in [0.2, 0.25) is 6.79 Å². The fraction of sp³-hybridized carbons (Fsp3) is 0.333. The highest BCUT2D eigenvalue weighted by Gasteiger charge is 2.21. The Morgan fingerprint density at radius 2 is 1.71 bits per heavy atom. The molecule has 6 heteroatoms. The smallest absolute Gasteiger partial charge is 0.261 e. The summed E-state index contributed by atoms with van der Waals surface area (Å²) in [5.41, 5.74) is 1.58. The number of nitrogens with one attached hydrogen (secondary N) is 1. The lowest BCUT2D eigenvalue weighted by Crippen LogP contribution is -2.16. The highest BCUT2D eigenvalue weighted by atomic mass is 32.2. The lowest BCUT2D eigenvalue weighted by atomic mass is 9.82. The van der Waals surface area contributed by atoms with Crippen LogP contribution in [0.15, 0.2) is 47.4 Å². The Morgan fingerprint density at radius 3 is 2.38 bits per heavy atom. The van der Waals surface area contributed by atoms with Gasteiger partial charge in [0.15, 0.2) is 11.5 Å². The largest absolute Gasteiger partial charge is 0.454 e. The molecule has 1 aliphatic heterocycles. The normalized spacial score (nSPS) is 13.8. The molecule has 0 unspecified atom stereocenters. The van der Waals surface area contributed by atoms with Gasteiger partial charge < -0.3 is 9.47 Å². The van der Waals surface area contributed by atoms with Crippen molar-refractivity contribution in [2.45, 2.75) is 37.5 Å². The Bertz CT molecular complexity index is 842. The maximum absolute atomic E-state index is 12.5. The van der Waals surface area contributed by atoms with Crippen LogP contribution in [0, 0.1) is 0 Å². The summed E-state index contributed by atoms with van der Waals surface area (Å²) in [5, 5.41) is 0. The highest BCUT2D eigenvalue weighted by molar-refractivity contribution is 7.92. The summed E-state index contributed by atoms with van der Waals surface area (Å²) < 4.78 is 38.2. The molecule has 2 aromatic carbocycles. The minimum atomic E-state index is -3.65. The molecule has 1 heterocycles. The summed E-state index contributed by atoms with van der Waals surface area (Å²) in [6.07, 6.45) is 0.981. The molecule has 0 radical (unpaired) electrons. The van der Waals surface area contributed by atoms with Gasteiger partial charge in [0.25, 0.3) is 10.0 Å². The molecule has 2 aromatic rings. The first kappa shape index (κ1) is 16.6. The molecule has 0 aromatic heterocycles. The van der Waals surface area contributed by atoms with Gasteiger partial charge in [-0.2, -0.15) is 0 Å². The van der Waals surface area contributed by atoms with Crippen molar-refractivity contribution in [3.63, 3.8) is 0 Å². The average Bonchev–Trinajstić information content (AvgIpc) is 3.02. The van der Waals surface area contributed by atoms with Crippen LogP contribution >= 0.6 is 0 Å². The second-order valence-electron chi connectivity index (χ2n) is 6.44. The van der Waals surface area contributed by atoms with E-state index in [-0.39, 0.29) is 17.1 Å². The van der Waals surface area contributed by atoms with Crippen molar-refractivity contribution in [3.8, 4) is 11.5 Å². The molecule has 0 saturated carbocycles. The van der Waals surface area contributed by atoms with E-state index in [0.29, 0.717) is 17.2 Å². The standard InChI is InChI=1S/C18H21NO4S/c1-4-18(2,3)13-5-8-15(9-6-13)24(20,21)19-14-7-10-16-17(11-14)23-12-22-16/h5-11,19H,4,12H2,1-3H3. The molecular weight excluding hydrogens is 326 g/mol. The monoisotopic (exact) mass is 347 g/mol. The van der Waals surface area contributed by atoms with Crippen LogP contribution in [0.3, 0.4) is 0 Å². The number of benzene rings is 2. The summed E-state index contributed by atoms with van der Waals surface area (Å²) in [4.78, 5) is 0.232. The van der Waals surface area contributed by atoms with Crippen molar-refractivity contribution in [2.75, 3.05) is 11.5 Å². The third-order valence-corrected chi connectivity index (χ3v) is 5.85. The molecule has 0 bridgehead atoms. The molecule has 24 heavy (non-hydrogen) atoms. The zero-order chi connectivity index (χ0) is 17.4. The summed E-state index contributed by atoms with van der Waals surface area (Å²) in [5.74, 6) is 1.15. The van der Waals surface area contributed by atoms with Gasteiger partial charge >= 0.3 is 0 Å². The van der Waals surface area contributed by atoms with Crippen molar-refractivity contribution >= 4 is 15.7 Å². The Kier molecular flexibility index (Phi) is 4.17. The van der Waals surface area contributed by atoms with Crippen molar-refractivity contribution in [3.05, 3.63) is 48.0 Å². The van der Waals surface area contributed by atoms with Crippen LogP contribution in [0.5, 0.6) is 11.5 Å². The first-order valence-electron chi connectivity index (χ1n) is 7.85. The second kappa shape index (κ2) is 6.02. The van der Waals surface area contributed by atoms with Gasteiger partial charge in [-0.1, -0.05) is 32.9 Å². The van der Waals surface area contributed by atoms with Crippen LogP contribution < -0.4 is 14.2 Å². The average molecular weight is 347 g/mol. The van der Waals surface area contributed by atoms with Gasteiger partial charge in [-0.25, -0.2) is 8.42 Å². The molecule has 0 fully saturated rings. The first-order chi connectivity index (χ1) is 11.3. The minimum absolute atomic E-state index is 0.0209. The van der Waals surface area contributed by atoms with E-state index in [4.69, 9.17) is 9.47 Å². The molecule has 3 rings (SSSR count). The highest BCUT2D eigenvalue weighted by Crippen LogP contribution is 2.35. The fourth-order valence-corrected chi connectivity index (χ4v) is 3.51. The number of hydrogen-bond acceptors (Lipinski definition) is 4. The summed E-state index contributed by atoms with van der Waals surface area (Å²) in [6.45, 7) is 6.55. The Hall–Kier alpha value is -2.21. The molecule has 0 spiro atoms. The van der Waals surface area contributed by atoms with Gasteiger partial charge in [-0.05, 0) is 41.7 Å². The quantitative estimate of drug-likeness (QED) is 0.891. The number of ether oxygens (including phenoxy) is 2. The van der Waals surface area contributed by atoms with Crippen LogP contribution in [-0.4, -0.2) is 15.2 Å². The van der Waals surface area contributed by atoms with E-state index < -0.39 is 10.0 Å². The Labute approximate surface area is 142 Å². The first-order valence-corrected chi connectivity index (χ1v) is 9.33. The van der Waals surface area contributed by atoms with E-state index in [1.165, 1.54) is 0 Å². The zero-order valence-corrected chi connectivity index (χ0v) is 14.8. The number of sulfonamides is 1. The molecule has 0 atom stereocenters. The predicted molar refractivity (Wildman–Crippen MR) is 93.1 cm³/mol. The topological polar surface area (TPSA) is 64.6 Å². The summed E-state index contributed by atoms with van der Waals surface area (Å²) in [7, 11) is -3.65. The van der Waals surface area contributed by atoms with E-state index in [9.17, 15) is 8.42 Å². The second-order valence-corrected chi connectivity index (χ2v) is 8.12. The third-order valence-electron chi connectivity index (χ3n) is 4.45. The van der Waals surface area contributed by atoms with Gasteiger partial charge in [0.05, 0.1) is 10.6 Å². The van der Waals surface area contributed by atoms with E-state index in [1.807, 2.05) is 12.1 Å². The fourth-order valence-electron chi connectivity index (χ4n) is 2.46. The van der Waals surface area contributed by atoms with Gasteiger partial charge in [-0.3, -0.25) is 4.72 Å². The van der Waals surface area contributed by atoms with Gasteiger partial charge in [0, 0.05) is 6.07 Å². The van der Waals surface area contributed by atoms with E-state index >= 15 is 0 Å². The van der Waals surface area contributed by atoms with Crippen molar-refractivity contribution in [1.29, 1.82) is 0 Å². The SMILES string of the molecule is CCC(C)(C)c1ccc(S(=O)(=O)Nc2ccc3c(c2)OCO3)cc1. The summed E-state index contributed by atoms with van der Waals surface area (Å²) >= 11 is 0. The molecule has 1 aliphatic rings. The Balaban J connectivity index is 1.83. The van der Waals surface area contributed by atoms with Crippen LogP contribution in [-0.2, 0) is 15.4 Å². The lowest BCUT2D eigenvalue weighted by Gasteiger charge is -2.23. The molecule has 0 aliphatic carbocycles. The number of fused-ring (bicyclic) bond motifs is 1. The molecule has 0 amide bonds. The van der Waals surface area contributed by atoms with E-state index in [2.05, 4.69) is 25.5 Å². The van der Waals surface area contributed by atoms with Crippen molar-refractivity contribution in [2.24, 2.45) is 0 Å². The number of hydrogen-bond donors (Lipinski definition) is 1. The van der Waals surface area contributed by atoms with Crippen LogP contribution in [0.1, 0.15) is 32.8 Å².